The Hall–Kier alpha value is -1.42. The second-order valence-electron chi connectivity index (χ2n) is 4.67. The maximum atomic E-state index is 5.37. The maximum absolute atomic E-state index is 5.37. The molecule has 1 saturated heterocycles. The standard InChI is InChI=1S/C14H21NO3/c1-16-12-8-11(10-15-6-4-5-7-15)9-13(17-2)14(12)18-3/h8-9H,4-7,10H2,1-3H3/p+1. The molecule has 1 aromatic carbocycles. The zero-order chi connectivity index (χ0) is 13.0. The predicted octanol–water partition coefficient (Wildman–Crippen LogP) is 0.891. The molecule has 0 aliphatic carbocycles. The first kappa shape index (κ1) is 13.0. The van der Waals surface area contributed by atoms with Gasteiger partial charge in [-0.25, -0.2) is 0 Å². The summed E-state index contributed by atoms with van der Waals surface area (Å²) in [5.41, 5.74) is 1.24. The Bertz CT molecular complexity index is 375. The van der Waals surface area contributed by atoms with E-state index in [4.69, 9.17) is 14.2 Å². The van der Waals surface area contributed by atoms with Crippen molar-refractivity contribution in [1.82, 2.24) is 0 Å². The van der Waals surface area contributed by atoms with Gasteiger partial charge in [-0.3, -0.25) is 0 Å². The fourth-order valence-electron chi connectivity index (χ4n) is 2.58. The van der Waals surface area contributed by atoms with Gasteiger partial charge in [0.2, 0.25) is 5.75 Å². The lowest BCUT2D eigenvalue weighted by atomic mass is 10.1. The minimum absolute atomic E-state index is 0.667. The van der Waals surface area contributed by atoms with Crippen LogP contribution in [0.2, 0.25) is 0 Å². The number of likely N-dealkylation sites (tertiary alicyclic amines) is 1. The van der Waals surface area contributed by atoms with Crippen LogP contribution in [0.3, 0.4) is 0 Å². The van der Waals surface area contributed by atoms with Crippen molar-refractivity contribution in [2.45, 2.75) is 19.4 Å². The van der Waals surface area contributed by atoms with Crippen LogP contribution in [0.5, 0.6) is 17.2 Å². The molecule has 18 heavy (non-hydrogen) atoms. The van der Waals surface area contributed by atoms with Gasteiger partial charge in [0.05, 0.1) is 34.4 Å². The first-order valence-corrected chi connectivity index (χ1v) is 6.41. The molecule has 0 aromatic heterocycles. The predicted molar refractivity (Wildman–Crippen MR) is 69.7 cm³/mol. The number of methoxy groups -OCH3 is 3. The molecule has 1 heterocycles. The van der Waals surface area contributed by atoms with Gasteiger partial charge < -0.3 is 19.1 Å². The van der Waals surface area contributed by atoms with Crippen LogP contribution in [0.25, 0.3) is 0 Å². The van der Waals surface area contributed by atoms with Crippen molar-refractivity contribution >= 4 is 0 Å². The molecule has 1 fully saturated rings. The number of hydrogen-bond donors (Lipinski definition) is 1. The Kier molecular flexibility index (Phi) is 4.31. The van der Waals surface area contributed by atoms with E-state index < -0.39 is 0 Å². The SMILES string of the molecule is COc1cc(C[NH+]2CCCC2)cc(OC)c1OC. The van der Waals surface area contributed by atoms with Crippen molar-refractivity contribution < 1.29 is 19.1 Å². The molecular weight excluding hydrogens is 230 g/mol. The van der Waals surface area contributed by atoms with Gasteiger partial charge in [-0.15, -0.1) is 0 Å². The van der Waals surface area contributed by atoms with Crippen LogP contribution in [0.15, 0.2) is 12.1 Å². The van der Waals surface area contributed by atoms with Gasteiger partial charge in [0.25, 0.3) is 0 Å². The molecule has 0 amide bonds. The quantitative estimate of drug-likeness (QED) is 0.844. The van der Waals surface area contributed by atoms with Crippen molar-refractivity contribution in [3.63, 3.8) is 0 Å². The molecular formula is C14H22NO3+. The van der Waals surface area contributed by atoms with E-state index in [1.165, 1.54) is 31.5 Å². The average molecular weight is 252 g/mol. The molecule has 0 atom stereocenters. The van der Waals surface area contributed by atoms with E-state index in [1.54, 1.807) is 26.2 Å². The van der Waals surface area contributed by atoms with Gasteiger partial charge in [0.15, 0.2) is 11.5 Å². The smallest absolute Gasteiger partial charge is 0.203 e. The lowest BCUT2D eigenvalue weighted by Gasteiger charge is -2.16. The summed E-state index contributed by atoms with van der Waals surface area (Å²) in [6.45, 7) is 3.55. The highest BCUT2D eigenvalue weighted by atomic mass is 16.5. The third-order valence-electron chi connectivity index (χ3n) is 3.49. The van der Waals surface area contributed by atoms with E-state index in [9.17, 15) is 0 Å². The molecule has 0 spiro atoms. The highest BCUT2D eigenvalue weighted by molar-refractivity contribution is 5.53. The molecule has 1 N–H and O–H groups in total. The zero-order valence-electron chi connectivity index (χ0n) is 11.4. The van der Waals surface area contributed by atoms with Gasteiger partial charge in [0.1, 0.15) is 6.54 Å². The van der Waals surface area contributed by atoms with Gasteiger partial charge in [-0.1, -0.05) is 0 Å². The van der Waals surface area contributed by atoms with E-state index >= 15 is 0 Å². The summed E-state index contributed by atoms with van der Waals surface area (Å²) < 4.78 is 16.1. The van der Waals surface area contributed by atoms with Crippen molar-refractivity contribution in [3.05, 3.63) is 17.7 Å². The average Bonchev–Trinajstić information content (AvgIpc) is 2.90. The first-order chi connectivity index (χ1) is 8.78. The third kappa shape index (κ3) is 2.70. The molecule has 4 heteroatoms. The van der Waals surface area contributed by atoms with Gasteiger partial charge in [-0.05, 0) is 12.1 Å². The molecule has 4 nitrogen and oxygen atoms in total. The monoisotopic (exact) mass is 252 g/mol. The van der Waals surface area contributed by atoms with Gasteiger partial charge >= 0.3 is 0 Å². The molecule has 1 aliphatic heterocycles. The summed E-state index contributed by atoms with van der Waals surface area (Å²) in [6, 6.07) is 4.10. The Morgan fingerprint density at radius 2 is 1.50 bits per heavy atom. The number of rotatable bonds is 5. The second kappa shape index (κ2) is 5.96. The van der Waals surface area contributed by atoms with Crippen LogP contribution in [-0.2, 0) is 6.54 Å². The first-order valence-electron chi connectivity index (χ1n) is 6.41. The van der Waals surface area contributed by atoms with Crippen LogP contribution in [0.4, 0.5) is 0 Å². The number of quaternary nitrogens is 1. The van der Waals surface area contributed by atoms with Crippen LogP contribution in [0.1, 0.15) is 18.4 Å². The van der Waals surface area contributed by atoms with E-state index in [1.807, 2.05) is 12.1 Å². The number of nitrogens with one attached hydrogen (secondary N) is 1. The van der Waals surface area contributed by atoms with E-state index in [0.717, 1.165) is 18.0 Å². The molecule has 1 aliphatic rings. The van der Waals surface area contributed by atoms with Crippen LogP contribution in [0, 0.1) is 0 Å². The Labute approximate surface area is 108 Å². The van der Waals surface area contributed by atoms with Crippen molar-refractivity contribution in [2.75, 3.05) is 34.4 Å². The largest absolute Gasteiger partial charge is 0.493 e. The summed E-state index contributed by atoms with van der Waals surface area (Å²) in [4.78, 5) is 1.63. The van der Waals surface area contributed by atoms with Crippen molar-refractivity contribution in [3.8, 4) is 17.2 Å². The van der Waals surface area contributed by atoms with Gasteiger partial charge in [-0.2, -0.15) is 0 Å². The summed E-state index contributed by atoms with van der Waals surface area (Å²) in [5, 5.41) is 0. The number of ether oxygens (including phenoxy) is 3. The molecule has 1 aromatic rings. The number of benzene rings is 1. The summed E-state index contributed by atoms with van der Waals surface area (Å²) in [7, 11) is 4.94. The van der Waals surface area contributed by atoms with Crippen LogP contribution in [-0.4, -0.2) is 34.4 Å². The Morgan fingerprint density at radius 3 is 1.94 bits per heavy atom. The third-order valence-corrected chi connectivity index (χ3v) is 3.49. The van der Waals surface area contributed by atoms with Gasteiger partial charge in [0, 0.05) is 18.4 Å². The maximum Gasteiger partial charge on any atom is 0.203 e. The minimum atomic E-state index is 0.667. The summed E-state index contributed by atoms with van der Waals surface area (Å²) >= 11 is 0. The normalized spacial score (nSPS) is 15.7. The topological polar surface area (TPSA) is 32.1 Å². The van der Waals surface area contributed by atoms with Crippen LogP contribution < -0.4 is 19.1 Å². The van der Waals surface area contributed by atoms with E-state index in [2.05, 4.69) is 0 Å². The lowest BCUT2D eigenvalue weighted by Crippen LogP contribution is -3.08. The molecule has 2 rings (SSSR count). The van der Waals surface area contributed by atoms with Crippen LogP contribution >= 0.6 is 0 Å². The van der Waals surface area contributed by atoms with E-state index in [0.29, 0.717) is 5.75 Å². The second-order valence-corrected chi connectivity index (χ2v) is 4.67. The fourth-order valence-corrected chi connectivity index (χ4v) is 2.58. The minimum Gasteiger partial charge on any atom is -0.493 e. The zero-order valence-corrected chi connectivity index (χ0v) is 11.4. The van der Waals surface area contributed by atoms with E-state index in [-0.39, 0.29) is 0 Å². The Balaban J connectivity index is 2.24. The molecule has 0 saturated carbocycles. The lowest BCUT2D eigenvalue weighted by molar-refractivity contribution is -0.901. The number of hydrogen-bond acceptors (Lipinski definition) is 3. The molecule has 0 radical (unpaired) electrons. The molecule has 0 unspecified atom stereocenters. The van der Waals surface area contributed by atoms with Crippen molar-refractivity contribution in [2.24, 2.45) is 0 Å². The van der Waals surface area contributed by atoms with Crippen molar-refractivity contribution in [1.29, 1.82) is 0 Å². The highest BCUT2D eigenvalue weighted by Crippen LogP contribution is 2.37. The fraction of sp³-hybridized carbons (Fsp3) is 0.571. The Morgan fingerprint density at radius 1 is 0.944 bits per heavy atom. The summed E-state index contributed by atoms with van der Waals surface area (Å²) in [6.07, 6.45) is 2.67. The highest BCUT2D eigenvalue weighted by Gasteiger charge is 2.19. The summed E-state index contributed by atoms with van der Waals surface area (Å²) in [5.74, 6) is 2.15. The molecule has 0 bridgehead atoms. The molecule has 100 valence electrons.